The Morgan fingerprint density at radius 1 is 0.364 bits per heavy atom. The maximum absolute atomic E-state index is 14.1. The zero-order chi connectivity index (χ0) is 81.1. The average Bonchev–Trinajstić information content (AvgIpc) is 1.64. The van der Waals surface area contributed by atoms with Crippen LogP contribution in [0, 0.1) is 35.3 Å². The number of halogens is 2. The zero-order valence-electron chi connectivity index (χ0n) is 67.7. The number of carbonyl (C=O) groups is 4. The van der Waals surface area contributed by atoms with Gasteiger partial charge in [0, 0.05) is 205 Å². The zero-order valence-corrected chi connectivity index (χ0v) is 67.7. The van der Waals surface area contributed by atoms with Crippen molar-refractivity contribution in [1.29, 1.82) is 0 Å². The van der Waals surface area contributed by atoms with Crippen LogP contribution >= 0.6 is 0 Å². The van der Waals surface area contributed by atoms with Crippen LogP contribution in [0.2, 0.25) is 0 Å². The van der Waals surface area contributed by atoms with E-state index in [1.807, 2.05) is 110 Å². The molecule has 0 bridgehead atoms. The first-order valence-electron chi connectivity index (χ1n) is 41.6. The van der Waals surface area contributed by atoms with Crippen molar-refractivity contribution in [3.8, 4) is 44.6 Å². The largest absolute Gasteiger partial charge is 0.338 e. The molecule has 6 aromatic heterocycles. The number of fused-ring (bicyclic) bond motifs is 4. The third-order valence-electron chi connectivity index (χ3n) is 23.9. The first-order valence-corrected chi connectivity index (χ1v) is 41.6. The van der Waals surface area contributed by atoms with Gasteiger partial charge in [-0.25, -0.2) is 8.78 Å². The molecule has 4 fully saturated rings. The Morgan fingerprint density at radius 2 is 0.695 bits per heavy atom. The number of hydrogen-bond donors (Lipinski definition) is 4. The molecule has 4 amide bonds. The lowest BCUT2D eigenvalue weighted by atomic mass is 10.0. The van der Waals surface area contributed by atoms with Crippen LogP contribution in [-0.4, -0.2) is 123 Å². The van der Waals surface area contributed by atoms with Crippen LogP contribution in [0.4, 0.5) is 54.8 Å². The van der Waals surface area contributed by atoms with E-state index in [9.17, 15) is 28.0 Å². The van der Waals surface area contributed by atoms with Gasteiger partial charge in [-0.2, -0.15) is 25.5 Å². The number of pyridine rings is 1. The quantitative estimate of drug-likeness (QED) is 0.0556. The Labute approximate surface area is 686 Å². The molecule has 0 saturated heterocycles. The highest BCUT2D eigenvalue weighted by molar-refractivity contribution is 5.78. The van der Waals surface area contributed by atoms with Gasteiger partial charge in [-0.1, -0.05) is 78.9 Å². The predicted molar refractivity (Wildman–Crippen MR) is 454 cm³/mol. The summed E-state index contributed by atoms with van der Waals surface area (Å²) in [6.07, 6.45) is 19.1. The molecule has 4 N–H and O–H groups in total. The van der Waals surface area contributed by atoms with Crippen LogP contribution in [0.3, 0.4) is 0 Å². The number of carbonyl (C=O) groups excluding carboxylic acids is 4. The van der Waals surface area contributed by atoms with Crippen molar-refractivity contribution in [2.45, 2.75) is 157 Å². The van der Waals surface area contributed by atoms with Crippen LogP contribution in [0.5, 0.6) is 0 Å². The van der Waals surface area contributed by atoms with Gasteiger partial charge in [-0.05, 0) is 193 Å². The van der Waals surface area contributed by atoms with Gasteiger partial charge in [0.25, 0.3) is 0 Å². The van der Waals surface area contributed by atoms with Crippen molar-refractivity contribution in [1.82, 2.24) is 73.5 Å². The minimum absolute atomic E-state index is 0.0933. The highest BCUT2D eigenvalue weighted by atomic mass is 19.1. The van der Waals surface area contributed by atoms with E-state index < -0.39 is 0 Å². The minimum Gasteiger partial charge on any atom is -0.338 e. The molecule has 8 aliphatic rings. The molecule has 118 heavy (non-hydrogen) atoms. The Kier molecular flexibility index (Phi) is 22.7. The van der Waals surface area contributed by atoms with Crippen LogP contribution < -0.4 is 21.3 Å². The molecule has 23 nitrogen and oxygen atoms in total. The summed E-state index contributed by atoms with van der Waals surface area (Å²) in [6.45, 7) is 15.9. The van der Waals surface area contributed by atoms with Crippen LogP contribution in [0.1, 0.15) is 124 Å². The molecule has 12 aromatic rings. The fourth-order valence-corrected chi connectivity index (χ4v) is 16.3. The van der Waals surface area contributed by atoms with Gasteiger partial charge in [0.2, 0.25) is 23.6 Å². The first-order chi connectivity index (χ1) is 57.4. The summed E-state index contributed by atoms with van der Waals surface area (Å²) in [7, 11) is 1.95. The summed E-state index contributed by atoms with van der Waals surface area (Å²) in [5.74, 6) is 6.35. The van der Waals surface area contributed by atoms with Crippen molar-refractivity contribution in [2.24, 2.45) is 30.7 Å². The summed E-state index contributed by atoms with van der Waals surface area (Å²) in [5.41, 5.74) is 21.2. The Balaban J connectivity index is 0.000000113. The summed E-state index contributed by atoms with van der Waals surface area (Å²) < 4.78 is 38.1. The van der Waals surface area contributed by atoms with Gasteiger partial charge < -0.3 is 40.9 Å². The Hall–Kier alpha value is -12.5. The number of anilines is 8. The molecule has 10 heterocycles. The molecule has 25 heteroatoms. The lowest BCUT2D eigenvalue weighted by molar-refractivity contribution is -0.130. The first kappa shape index (κ1) is 78.0. The van der Waals surface area contributed by atoms with Crippen LogP contribution in [0.15, 0.2) is 182 Å². The molecule has 4 aliphatic heterocycles. The molecule has 6 aromatic carbocycles. The van der Waals surface area contributed by atoms with Crippen molar-refractivity contribution in [3.63, 3.8) is 0 Å². The van der Waals surface area contributed by atoms with Gasteiger partial charge in [-0.15, -0.1) is 0 Å². The fourth-order valence-electron chi connectivity index (χ4n) is 16.3. The second kappa shape index (κ2) is 34.3. The topological polar surface area (TPSA) is 231 Å². The molecule has 0 atom stereocenters. The maximum atomic E-state index is 14.1. The summed E-state index contributed by atoms with van der Waals surface area (Å²) in [5, 5.41) is 37.7. The molecular formula is C93H101F2N19O4. The molecule has 20 rings (SSSR count). The molecule has 0 unspecified atom stereocenters. The molecule has 0 radical (unpaired) electrons. The van der Waals surface area contributed by atoms with Gasteiger partial charge in [0.1, 0.15) is 11.6 Å². The van der Waals surface area contributed by atoms with Crippen molar-refractivity contribution >= 4 is 69.6 Å². The van der Waals surface area contributed by atoms with Crippen molar-refractivity contribution in [3.05, 3.63) is 239 Å². The predicted octanol–water partition coefficient (Wildman–Crippen LogP) is 16.8. The Morgan fingerprint density at radius 3 is 1.02 bits per heavy atom. The van der Waals surface area contributed by atoms with E-state index >= 15 is 0 Å². The van der Waals surface area contributed by atoms with Gasteiger partial charge in [0.05, 0.1) is 31.9 Å². The molecular weight excluding hydrogens is 1490 g/mol. The number of amides is 4. The number of hydrogen-bond acceptors (Lipinski definition) is 14. The number of rotatable bonds is 20. The lowest BCUT2D eigenvalue weighted by Gasteiger charge is -2.26. The fraction of sp³-hybridized carbons (Fsp3) is 0.355. The second-order valence-electron chi connectivity index (χ2n) is 32.7. The summed E-state index contributed by atoms with van der Waals surface area (Å²) in [6, 6.07) is 51.7. The van der Waals surface area contributed by atoms with Gasteiger partial charge in [-0.3, -0.25) is 47.6 Å². The number of aryl methyl sites for hydroxylation is 1. The van der Waals surface area contributed by atoms with E-state index in [2.05, 4.69) is 98.6 Å². The van der Waals surface area contributed by atoms with E-state index in [4.69, 9.17) is 20.4 Å². The molecule has 0 spiro atoms. The van der Waals surface area contributed by atoms with E-state index in [1.165, 1.54) is 92.3 Å². The highest BCUT2D eigenvalue weighted by Crippen LogP contribution is 2.41. The Bertz CT molecular complexity index is 5620. The highest BCUT2D eigenvalue weighted by Gasteiger charge is 2.35. The number of nitrogens with one attached hydrogen (secondary N) is 4. The number of aromatic nitrogens is 11. The smallest absolute Gasteiger partial charge is 0.219 e. The minimum atomic E-state index is -0.238. The number of nitrogens with zero attached hydrogens (tertiary/aromatic N) is 15. The SMILES string of the molecule is CC(=O)N1CCc2c(c(Nc3ccc(-c4cccc(F)c4)cc3)nn2CC2CC2)C1.CC(=O)N1CCc2c(c(Nc3ccc(-c4ccccc4F)cc3)nn2CC2CC2)C1.CC(=O)N1CCc2c(c(Nc3ccc(-c4ccncc4)cc3)nn2CC2CC2)C1.CC(=O)N1CCc2c(c(Nc3ccc(-c4ccnn4C)cc3)nn2CC2CC2)C1. The summed E-state index contributed by atoms with van der Waals surface area (Å²) >= 11 is 0. The van der Waals surface area contributed by atoms with Crippen LogP contribution in [-0.2, 0) is 104 Å². The molecule has 4 saturated carbocycles. The van der Waals surface area contributed by atoms with E-state index in [-0.39, 0.29) is 35.3 Å². The maximum Gasteiger partial charge on any atom is 0.219 e. The summed E-state index contributed by atoms with van der Waals surface area (Å²) in [4.78, 5) is 59.3. The second-order valence-corrected chi connectivity index (χ2v) is 32.7. The average molecular weight is 1590 g/mol. The standard InChI is InChI=1S/2C24H25FN4O.C23H25N5O.C22H26N6O/c1-16(30)28-12-11-23-22(15-28)24(27-29(23)14-17-5-6-17)26-21-9-7-18(8-10-21)19-3-2-4-20(25)13-19;1-16(30)28-13-12-23-21(15-28)24(27-29(23)14-17-6-7-17)26-19-10-8-18(9-11-19)20-4-2-3-5-22(20)25;1-16(29)27-13-10-22-21(15-27)23(26-28(22)14-17-2-3-17)25-20-6-4-18(5-7-20)19-8-11-24-12-9-19;1-15(29)27-12-10-21-19(14-27)22(25-28(21)13-16-3-4-16)24-18-7-5-17(6-8-18)20-9-11-23-26(20)2/h2-4,7-10,13,17H,5-6,11-12,14-15H2,1H3,(H,26,27);2-5,8-11,17H,6-7,12-15H2,1H3,(H,26,27);4-9,11-12,17H,2-3,10,13-15H2,1H3,(H,25,26);5-9,11,16H,3-4,10,12-14H2,1-2H3,(H,24,25). The van der Waals surface area contributed by atoms with Crippen LogP contribution in [0.25, 0.3) is 44.6 Å². The normalized spacial score (nSPS) is 15.8. The van der Waals surface area contributed by atoms with Crippen molar-refractivity contribution < 1.29 is 28.0 Å². The third kappa shape index (κ3) is 18.5. The number of benzene rings is 6. The van der Waals surface area contributed by atoms with Crippen molar-refractivity contribution in [2.75, 3.05) is 47.4 Å². The molecule has 4 aliphatic carbocycles. The van der Waals surface area contributed by atoms with E-state index in [1.54, 1.807) is 64.5 Å². The molecule has 606 valence electrons. The van der Waals surface area contributed by atoms with E-state index in [0.717, 1.165) is 209 Å². The van der Waals surface area contributed by atoms with Gasteiger partial charge in [0.15, 0.2) is 23.3 Å². The monoisotopic (exact) mass is 1590 g/mol. The van der Waals surface area contributed by atoms with Gasteiger partial charge >= 0.3 is 0 Å². The lowest BCUT2D eigenvalue weighted by Crippen LogP contribution is -2.34. The third-order valence-corrected chi connectivity index (χ3v) is 23.9. The van der Waals surface area contributed by atoms with E-state index in [0.29, 0.717) is 31.7 Å².